The quantitative estimate of drug-likeness (QED) is 0.467. The maximum absolute atomic E-state index is 11.1. The molecule has 2 heterocycles. The van der Waals surface area contributed by atoms with Crippen molar-refractivity contribution in [3.05, 3.63) is 5.21 Å². The summed E-state index contributed by atoms with van der Waals surface area (Å²) in [5.74, 6) is 0.156. The predicted octanol–water partition coefficient (Wildman–Crippen LogP) is -0.735. The minimum atomic E-state index is -0.150. The Morgan fingerprint density at radius 3 is 2.13 bits per heavy atom. The molecule has 4 N–H and O–H groups in total. The molecule has 1 aromatic heterocycles. The summed E-state index contributed by atoms with van der Waals surface area (Å²) in [5, 5.41) is 11.1. The van der Waals surface area contributed by atoms with E-state index in [1.54, 1.807) is 0 Å². The summed E-state index contributed by atoms with van der Waals surface area (Å²) >= 11 is 0. The van der Waals surface area contributed by atoms with Gasteiger partial charge in [-0.15, -0.1) is 0 Å². The number of aromatic nitrogens is 3. The molecule has 0 amide bonds. The van der Waals surface area contributed by atoms with Gasteiger partial charge in [0.1, 0.15) is 0 Å². The van der Waals surface area contributed by atoms with Gasteiger partial charge in [0.25, 0.3) is 0 Å². The van der Waals surface area contributed by atoms with E-state index in [-0.39, 0.29) is 11.9 Å². The Hall–Kier alpha value is -1.79. The van der Waals surface area contributed by atoms with Crippen LogP contribution in [0.1, 0.15) is 19.3 Å². The summed E-state index contributed by atoms with van der Waals surface area (Å²) in [6, 6.07) is 0. The molecule has 82 valence electrons. The Kier molecular flexibility index (Phi) is 2.44. The molecule has 0 atom stereocenters. The zero-order chi connectivity index (χ0) is 10.8. The Balaban J connectivity index is 2.27. The zero-order valence-electron chi connectivity index (χ0n) is 8.39. The number of hydrogen-bond donors (Lipinski definition) is 2. The van der Waals surface area contributed by atoms with Crippen LogP contribution in [0.4, 0.5) is 17.8 Å². The van der Waals surface area contributed by atoms with Crippen LogP contribution in [0.25, 0.3) is 0 Å². The van der Waals surface area contributed by atoms with Crippen LogP contribution >= 0.6 is 0 Å². The van der Waals surface area contributed by atoms with Gasteiger partial charge in [0.05, 0.1) is 0 Å². The maximum atomic E-state index is 11.1. The normalized spacial score (nSPS) is 16.7. The number of rotatable bonds is 1. The highest BCUT2D eigenvalue weighted by molar-refractivity contribution is 5.35. The fourth-order valence-electron chi connectivity index (χ4n) is 1.67. The molecule has 0 bridgehead atoms. The average Bonchev–Trinajstić information content (AvgIpc) is 2.26. The monoisotopic (exact) mass is 210 g/mol. The van der Waals surface area contributed by atoms with E-state index < -0.39 is 0 Å². The Morgan fingerprint density at radius 2 is 1.60 bits per heavy atom. The molecule has 1 fully saturated rings. The first-order valence-electron chi connectivity index (χ1n) is 4.96. The van der Waals surface area contributed by atoms with E-state index in [0.717, 1.165) is 25.9 Å². The van der Waals surface area contributed by atoms with E-state index in [2.05, 4.69) is 9.97 Å². The lowest BCUT2D eigenvalue weighted by Gasteiger charge is -2.25. The molecule has 0 saturated carbocycles. The highest BCUT2D eigenvalue weighted by atomic mass is 16.5. The van der Waals surface area contributed by atoms with Crippen LogP contribution in [0.5, 0.6) is 0 Å². The van der Waals surface area contributed by atoms with E-state index in [0.29, 0.717) is 10.7 Å². The third-order valence-corrected chi connectivity index (χ3v) is 2.48. The van der Waals surface area contributed by atoms with Crippen LogP contribution in [-0.4, -0.2) is 23.1 Å². The van der Waals surface area contributed by atoms with Crippen molar-refractivity contribution in [2.24, 2.45) is 0 Å². The fourth-order valence-corrected chi connectivity index (χ4v) is 1.67. The molecule has 1 aliphatic heterocycles. The standard InChI is InChI=1S/C8H14N6O/c9-6-11-8(12-7(10)14(6)15)13-4-2-1-3-5-13/h1-5H2,(H4,9,10,11,12). The van der Waals surface area contributed by atoms with Crippen LogP contribution in [0.3, 0.4) is 0 Å². The molecular formula is C8H14N6O. The predicted molar refractivity (Wildman–Crippen MR) is 55.9 cm³/mol. The van der Waals surface area contributed by atoms with E-state index in [1.165, 1.54) is 6.42 Å². The van der Waals surface area contributed by atoms with Crippen LogP contribution in [0.2, 0.25) is 0 Å². The Labute approximate surface area is 87.3 Å². The topological polar surface area (TPSA) is 108 Å². The summed E-state index contributed by atoms with van der Waals surface area (Å²) in [4.78, 5) is 9.84. The summed E-state index contributed by atoms with van der Waals surface area (Å²) in [5.41, 5.74) is 10.8. The number of piperidine rings is 1. The Bertz CT molecular complexity index is 339. The van der Waals surface area contributed by atoms with Gasteiger partial charge in [-0.05, 0) is 19.3 Å². The van der Waals surface area contributed by atoms with Crippen LogP contribution < -0.4 is 21.1 Å². The van der Waals surface area contributed by atoms with Crippen LogP contribution in [0, 0.1) is 5.21 Å². The van der Waals surface area contributed by atoms with Gasteiger partial charge in [0.2, 0.25) is 0 Å². The molecule has 7 heteroatoms. The van der Waals surface area contributed by atoms with Crippen molar-refractivity contribution in [1.29, 1.82) is 0 Å². The molecule has 0 radical (unpaired) electrons. The van der Waals surface area contributed by atoms with Crippen molar-refractivity contribution in [3.8, 4) is 0 Å². The fraction of sp³-hybridized carbons (Fsp3) is 0.625. The summed E-state index contributed by atoms with van der Waals surface area (Å²) < 4.78 is 0.327. The van der Waals surface area contributed by atoms with Crippen molar-refractivity contribution >= 4 is 17.8 Å². The SMILES string of the molecule is Nc1nc(N2CCCCC2)nc(N)[n+]1[O-]. The zero-order valence-corrected chi connectivity index (χ0v) is 8.39. The van der Waals surface area contributed by atoms with Crippen molar-refractivity contribution in [2.75, 3.05) is 29.5 Å². The summed E-state index contributed by atoms with van der Waals surface area (Å²) in [6.07, 6.45) is 3.43. The van der Waals surface area contributed by atoms with E-state index in [9.17, 15) is 5.21 Å². The molecule has 0 spiro atoms. The minimum Gasteiger partial charge on any atom is -0.762 e. The third kappa shape index (κ3) is 1.85. The highest BCUT2D eigenvalue weighted by Crippen LogP contribution is 2.15. The first-order chi connectivity index (χ1) is 7.18. The van der Waals surface area contributed by atoms with Crippen molar-refractivity contribution in [2.45, 2.75) is 19.3 Å². The van der Waals surface area contributed by atoms with Gasteiger partial charge in [-0.25, -0.2) is 4.73 Å². The highest BCUT2D eigenvalue weighted by Gasteiger charge is 2.19. The van der Waals surface area contributed by atoms with Gasteiger partial charge in [-0.1, -0.05) is 9.97 Å². The van der Waals surface area contributed by atoms with E-state index >= 15 is 0 Å². The second kappa shape index (κ2) is 3.76. The molecule has 7 nitrogen and oxygen atoms in total. The van der Waals surface area contributed by atoms with Gasteiger partial charge in [0, 0.05) is 13.1 Å². The minimum absolute atomic E-state index is 0.150. The molecule has 0 aromatic carbocycles. The van der Waals surface area contributed by atoms with Crippen molar-refractivity contribution < 1.29 is 4.73 Å². The Morgan fingerprint density at radius 1 is 1.07 bits per heavy atom. The number of nitrogen functional groups attached to an aromatic ring is 2. The molecule has 1 aromatic rings. The first-order valence-corrected chi connectivity index (χ1v) is 4.96. The van der Waals surface area contributed by atoms with Gasteiger partial charge < -0.3 is 21.6 Å². The summed E-state index contributed by atoms with van der Waals surface area (Å²) in [7, 11) is 0. The molecule has 1 saturated heterocycles. The maximum Gasteiger partial charge on any atom is 0.322 e. The molecule has 0 aliphatic carbocycles. The molecule has 0 unspecified atom stereocenters. The first kappa shape index (κ1) is 9.75. The molecule has 2 rings (SSSR count). The van der Waals surface area contributed by atoms with Gasteiger partial charge in [-0.2, -0.15) is 0 Å². The second-order valence-electron chi connectivity index (χ2n) is 3.58. The van der Waals surface area contributed by atoms with Crippen LogP contribution in [0.15, 0.2) is 0 Å². The van der Waals surface area contributed by atoms with Crippen LogP contribution in [-0.2, 0) is 0 Å². The van der Waals surface area contributed by atoms with Gasteiger partial charge >= 0.3 is 17.8 Å². The average molecular weight is 210 g/mol. The number of hydrogen-bond acceptors (Lipinski definition) is 6. The lowest BCUT2D eigenvalue weighted by Crippen LogP contribution is -2.39. The van der Waals surface area contributed by atoms with Crippen molar-refractivity contribution in [3.63, 3.8) is 0 Å². The second-order valence-corrected chi connectivity index (χ2v) is 3.58. The number of nitrogens with zero attached hydrogens (tertiary/aromatic N) is 4. The van der Waals surface area contributed by atoms with Gasteiger partial charge in [-0.3, -0.25) is 0 Å². The van der Waals surface area contributed by atoms with E-state index in [1.807, 2.05) is 4.90 Å². The molecule has 1 aliphatic rings. The smallest absolute Gasteiger partial charge is 0.322 e. The third-order valence-electron chi connectivity index (χ3n) is 2.48. The molecular weight excluding hydrogens is 196 g/mol. The van der Waals surface area contributed by atoms with E-state index in [4.69, 9.17) is 11.5 Å². The largest absolute Gasteiger partial charge is 0.762 e. The lowest BCUT2D eigenvalue weighted by molar-refractivity contribution is -0.579. The lowest BCUT2D eigenvalue weighted by atomic mass is 10.1. The summed E-state index contributed by atoms with van der Waals surface area (Å²) in [6.45, 7) is 1.78. The molecule has 15 heavy (non-hydrogen) atoms. The number of nitrogens with two attached hydrogens (primary N) is 2. The van der Waals surface area contributed by atoms with Gasteiger partial charge in [0.15, 0.2) is 0 Å². The number of anilines is 3. The van der Waals surface area contributed by atoms with Crippen molar-refractivity contribution in [1.82, 2.24) is 9.97 Å².